The van der Waals surface area contributed by atoms with Gasteiger partial charge < -0.3 is 10.0 Å². The molecule has 1 aromatic heterocycles. The van der Waals surface area contributed by atoms with Crippen LogP contribution in [0.1, 0.15) is 59.6 Å². The number of hydrogen-bond donors (Lipinski definition) is 1. The van der Waals surface area contributed by atoms with Gasteiger partial charge in [-0.15, -0.1) is 11.3 Å². The van der Waals surface area contributed by atoms with E-state index in [1.165, 1.54) is 23.3 Å². The molecule has 3 nitrogen and oxygen atoms in total. The van der Waals surface area contributed by atoms with Crippen molar-refractivity contribution < 1.29 is 9.90 Å². The lowest BCUT2D eigenvalue weighted by molar-refractivity contribution is -0.0105. The van der Waals surface area contributed by atoms with Crippen LogP contribution in [-0.2, 0) is 12.8 Å². The van der Waals surface area contributed by atoms with Crippen molar-refractivity contribution in [1.82, 2.24) is 4.90 Å². The molecule has 1 aliphatic carbocycles. The van der Waals surface area contributed by atoms with Crippen LogP contribution in [0.3, 0.4) is 0 Å². The highest BCUT2D eigenvalue weighted by atomic mass is 32.1. The molecule has 1 amide bonds. The molecule has 21 heavy (non-hydrogen) atoms. The number of fused-ring (bicyclic) bond motifs is 1. The summed E-state index contributed by atoms with van der Waals surface area (Å²) >= 11 is 1.68. The summed E-state index contributed by atoms with van der Waals surface area (Å²) in [4.78, 5) is 16.8. The highest BCUT2D eigenvalue weighted by molar-refractivity contribution is 7.14. The molecule has 0 saturated carbocycles. The number of aryl methyl sites for hydroxylation is 1. The normalized spacial score (nSPS) is 29.3. The molecule has 1 fully saturated rings. The van der Waals surface area contributed by atoms with Gasteiger partial charge in [-0.1, -0.05) is 13.3 Å². The predicted octanol–water partition coefficient (Wildman–Crippen LogP) is 3.25. The Labute approximate surface area is 131 Å². The van der Waals surface area contributed by atoms with Crippen LogP contribution in [-0.4, -0.2) is 34.6 Å². The molecular formula is C17H25NO2S. The van der Waals surface area contributed by atoms with Crippen molar-refractivity contribution in [1.29, 1.82) is 0 Å². The predicted molar refractivity (Wildman–Crippen MR) is 85.9 cm³/mol. The highest BCUT2D eigenvalue weighted by Crippen LogP contribution is 2.34. The van der Waals surface area contributed by atoms with Gasteiger partial charge in [0.25, 0.3) is 5.91 Å². The van der Waals surface area contributed by atoms with Gasteiger partial charge in [0.15, 0.2) is 0 Å². The van der Waals surface area contributed by atoms with Crippen molar-refractivity contribution in [2.45, 2.75) is 58.0 Å². The molecule has 0 bridgehead atoms. The van der Waals surface area contributed by atoms with E-state index >= 15 is 0 Å². The molecule has 2 unspecified atom stereocenters. The number of piperidine rings is 1. The Hall–Kier alpha value is -0.870. The fraction of sp³-hybridized carbons (Fsp3) is 0.706. The van der Waals surface area contributed by atoms with Gasteiger partial charge in [0.2, 0.25) is 0 Å². The van der Waals surface area contributed by atoms with Gasteiger partial charge in [-0.2, -0.15) is 0 Å². The lowest BCUT2D eigenvalue weighted by Gasteiger charge is -2.36. The van der Waals surface area contributed by atoms with Crippen molar-refractivity contribution in [3.8, 4) is 0 Å². The molecule has 116 valence electrons. The number of amides is 1. The fourth-order valence-electron chi connectivity index (χ4n) is 3.60. The zero-order valence-electron chi connectivity index (χ0n) is 13.0. The minimum atomic E-state index is -0.724. The summed E-state index contributed by atoms with van der Waals surface area (Å²) in [5.41, 5.74) is 0.670. The fourth-order valence-corrected chi connectivity index (χ4v) is 4.78. The van der Waals surface area contributed by atoms with Crippen LogP contribution < -0.4 is 0 Å². The number of carbonyl (C=O) groups excluding carboxylic acids is 1. The van der Waals surface area contributed by atoms with Gasteiger partial charge in [0, 0.05) is 18.0 Å². The topological polar surface area (TPSA) is 40.5 Å². The third-order valence-corrected chi connectivity index (χ3v) is 6.16. The Morgan fingerprint density at radius 2 is 2.38 bits per heavy atom. The molecule has 2 atom stereocenters. The van der Waals surface area contributed by atoms with Crippen LogP contribution in [0.15, 0.2) is 6.07 Å². The second-order valence-electron chi connectivity index (χ2n) is 6.90. The van der Waals surface area contributed by atoms with E-state index < -0.39 is 5.60 Å². The van der Waals surface area contributed by atoms with E-state index in [4.69, 9.17) is 0 Å². The minimum absolute atomic E-state index is 0.113. The molecule has 1 N–H and O–H groups in total. The van der Waals surface area contributed by atoms with Crippen molar-refractivity contribution >= 4 is 17.2 Å². The first-order valence-corrected chi connectivity index (χ1v) is 8.93. The summed E-state index contributed by atoms with van der Waals surface area (Å²) in [5.74, 6) is 0.896. The maximum Gasteiger partial charge on any atom is 0.264 e. The van der Waals surface area contributed by atoms with Crippen molar-refractivity contribution in [3.05, 3.63) is 21.4 Å². The first kappa shape index (κ1) is 15.0. The van der Waals surface area contributed by atoms with E-state index in [0.29, 0.717) is 6.54 Å². The molecule has 2 aliphatic rings. The average Bonchev–Trinajstić information content (AvgIpc) is 2.88. The van der Waals surface area contributed by atoms with Crippen molar-refractivity contribution in [2.24, 2.45) is 5.92 Å². The molecule has 1 aromatic rings. The minimum Gasteiger partial charge on any atom is -0.388 e. The number of hydrogen-bond acceptors (Lipinski definition) is 3. The van der Waals surface area contributed by atoms with Gasteiger partial charge in [-0.3, -0.25) is 4.79 Å². The van der Waals surface area contributed by atoms with Gasteiger partial charge in [-0.05, 0) is 56.6 Å². The van der Waals surface area contributed by atoms with E-state index in [2.05, 4.69) is 13.0 Å². The van der Waals surface area contributed by atoms with E-state index in [9.17, 15) is 9.90 Å². The zero-order chi connectivity index (χ0) is 15.0. The van der Waals surface area contributed by atoms with Gasteiger partial charge in [0.1, 0.15) is 0 Å². The number of thiophene rings is 1. The molecular weight excluding hydrogens is 282 g/mol. The standard InChI is InChI=1S/C17H25NO2S/c1-3-12-5-6-14-13(9-12)10-15(21-14)16(19)18-8-4-7-17(2,20)11-18/h10,12,20H,3-9,11H2,1-2H3. The summed E-state index contributed by atoms with van der Waals surface area (Å²) in [6.07, 6.45) is 6.43. The lowest BCUT2D eigenvalue weighted by atomic mass is 9.87. The van der Waals surface area contributed by atoms with Gasteiger partial charge in [-0.25, -0.2) is 0 Å². The highest BCUT2D eigenvalue weighted by Gasteiger charge is 2.32. The van der Waals surface area contributed by atoms with Gasteiger partial charge >= 0.3 is 0 Å². The summed E-state index contributed by atoms with van der Waals surface area (Å²) in [6.45, 7) is 5.32. The molecule has 2 heterocycles. The van der Waals surface area contributed by atoms with Crippen LogP contribution in [0, 0.1) is 5.92 Å². The van der Waals surface area contributed by atoms with E-state index in [-0.39, 0.29) is 5.91 Å². The van der Waals surface area contributed by atoms with Crippen molar-refractivity contribution in [2.75, 3.05) is 13.1 Å². The number of carbonyl (C=O) groups is 1. The first-order valence-electron chi connectivity index (χ1n) is 8.12. The summed E-state index contributed by atoms with van der Waals surface area (Å²) in [5, 5.41) is 10.2. The molecule has 4 heteroatoms. The summed E-state index contributed by atoms with van der Waals surface area (Å²) < 4.78 is 0. The van der Waals surface area contributed by atoms with Crippen LogP contribution in [0.25, 0.3) is 0 Å². The average molecular weight is 307 g/mol. The van der Waals surface area contributed by atoms with E-state index in [1.54, 1.807) is 11.3 Å². The molecule has 0 radical (unpaired) electrons. The van der Waals surface area contributed by atoms with Crippen molar-refractivity contribution in [3.63, 3.8) is 0 Å². The quantitative estimate of drug-likeness (QED) is 0.911. The lowest BCUT2D eigenvalue weighted by Crippen LogP contribution is -2.48. The number of aliphatic hydroxyl groups is 1. The smallest absolute Gasteiger partial charge is 0.264 e. The molecule has 0 spiro atoms. The Balaban J connectivity index is 1.75. The largest absolute Gasteiger partial charge is 0.388 e. The maximum atomic E-state index is 12.7. The Kier molecular flexibility index (Phi) is 4.10. The number of likely N-dealkylation sites (tertiary alicyclic amines) is 1. The Morgan fingerprint density at radius 3 is 3.10 bits per heavy atom. The molecule has 0 aromatic carbocycles. The summed E-state index contributed by atoms with van der Waals surface area (Å²) in [6, 6.07) is 2.12. The molecule has 1 saturated heterocycles. The third-order valence-electron chi connectivity index (χ3n) is 4.94. The van der Waals surface area contributed by atoms with Crippen LogP contribution in [0.5, 0.6) is 0 Å². The first-order chi connectivity index (χ1) is 9.98. The van der Waals surface area contributed by atoms with Gasteiger partial charge in [0.05, 0.1) is 10.5 Å². The second-order valence-corrected chi connectivity index (χ2v) is 8.04. The van der Waals surface area contributed by atoms with Crippen LogP contribution in [0.4, 0.5) is 0 Å². The summed E-state index contributed by atoms with van der Waals surface area (Å²) in [7, 11) is 0. The van der Waals surface area contributed by atoms with Crippen LogP contribution >= 0.6 is 11.3 Å². The number of β-amino-alcohol motifs (C(OH)–C–C–N with tert-alkyl or cyclic N) is 1. The third kappa shape index (κ3) is 3.16. The van der Waals surface area contributed by atoms with E-state index in [1.807, 2.05) is 11.8 Å². The maximum absolute atomic E-state index is 12.7. The Bertz CT molecular complexity index is 535. The zero-order valence-corrected chi connectivity index (χ0v) is 13.8. The Morgan fingerprint density at radius 1 is 1.57 bits per heavy atom. The monoisotopic (exact) mass is 307 g/mol. The number of rotatable bonds is 2. The molecule has 3 rings (SSSR count). The second kappa shape index (κ2) is 5.73. The van der Waals surface area contributed by atoms with E-state index in [0.717, 1.165) is 43.0 Å². The number of nitrogens with zero attached hydrogens (tertiary/aromatic N) is 1. The van der Waals surface area contributed by atoms with Crippen LogP contribution in [0.2, 0.25) is 0 Å². The molecule has 1 aliphatic heterocycles. The SMILES string of the molecule is CCC1CCc2sc(C(=O)N3CCCC(C)(O)C3)cc2C1.